The Bertz CT molecular complexity index is 335. The Hall–Kier alpha value is -0.890. The predicted octanol–water partition coefficient (Wildman–Crippen LogP) is 2.83. The van der Waals surface area contributed by atoms with E-state index in [0.29, 0.717) is 5.92 Å². The Morgan fingerprint density at radius 3 is 2.87 bits per heavy atom. The fourth-order valence-electron chi connectivity index (χ4n) is 2.66. The van der Waals surface area contributed by atoms with Gasteiger partial charge >= 0.3 is 0 Å². The van der Waals surface area contributed by atoms with E-state index in [2.05, 4.69) is 18.8 Å². The van der Waals surface area contributed by atoms with Gasteiger partial charge in [0.25, 0.3) is 0 Å². The molecule has 1 saturated carbocycles. The van der Waals surface area contributed by atoms with Gasteiger partial charge in [-0.15, -0.1) is 0 Å². The van der Waals surface area contributed by atoms with Crippen molar-refractivity contribution in [3.63, 3.8) is 0 Å². The zero-order valence-corrected chi connectivity index (χ0v) is 9.61. The molecule has 0 bridgehead atoms. The van der Waals surface area contributed by atoms with E-state index in [1.807, 2.05) is 18.5 Å². The lowest BCUT2D eigenvalue weighted by Crippen LogP contribution is -2.20. The van der Waals surface area contributed by atoms with Crippen molar-refractivity contribution in [3.05, 3.63) is 29.6 Å². The lowest BCUT2D eigenvalue weighted by molar-refractivity contribution is 0.427. The molecule has 15 heavy (non-hydrogen) atoms. The molecule has 1 aliphatic carbocycles. The number of nitrogens with two attached hydrogens (primary N) is 1. The molecule has 2 N–H and O–H groups in total. The first-order valence-corrected chi connectivity index (χ1v) is 5.84. The molecular weight excluding hydrogens is 184 g/mol. The van der Waals surface area contributed by atoms with Crippen molar-refractivity contribution in [2.24, 2.45) is 17.6 Å². The van der Waals surface area contributed by atoms with Crippen LogP contribution in [-0.2, 0) is 0 Å². The summed E-state index contributed by atoms with van der Waals surface area (Å²) >= 11 is 0. The van der Waals surface area contributed by atoms with Crippen LogP contribution < -0.4 is 5.73 Å². The number of hydrogen-bond acceptors (Lipinski definition) is 2. The minimum absolute atomic E-state index is 0.184. The number of hydrogen-bond donors (Lipinski definition) is 1. The third-order valence-electron chi connectivity index (χ3n) is 3.68. The summed E-state index contributed by atoms with van der Waals surface area (Å²) in [4.78, 5) is 4.18. The Morgan fingerprint density at radius 1 is 1.47 bits per heavy atom. The lowest BCUT2D eigenvalue weighted by atomic mass is 9.90. The van der Waals surface area contributed by atoms with Crippen molar-refractivity contribution >= 4 is 0 Å². The standard InChI is InChI=1S/C13H20N2/c1-9-3-4-11(7-9)13(14)12-8-15-6-5-10(12)2/h5-6,8-9,11,13H,3-4,7,14H2,1-2H3. The van der Waals surface area contributed by atoms with Crippen LogP contribution >= 0.6 is 0 Å². The summed E-state index contributed by atoms with van der Waals surface area (Å²) in [6.07, 6.45) is 7.65. The Balaban J connectivity index is 2.14. The summed E-state index contributed by atoms with van der Waals surface area (Å²) in [5.41, 5.74) is 8.83. The highest BCUT2D eigenvalue weighted by atomic mass is 14.7. The first-order chi connectivity index (χ1) is 7.18. The molecule has 0 spiro atoms. The molecule has 82 valence electrons. The van der Waals surface area contributed by atoms with Crippen molar-refractivity contribution in [2.45, 2.75) is 39.2 Å². The minimum Gasteiger partial charge on any atom is -0.324 e. The van der Waals surface area contributed by atoms with Crippen molar-refractivity contribution < 1.29 is 0 Å². The molecule has 1 aromatic heterocycles. The number of nitrogens with zero attached hydrogens (tertiary/aromatic N) is 1. The Kier molecular flexibility index (Phi) is 3.06. The highest BCUT2D eigenvalue weighted by Crippen LogP contribution is 2.38. The van der Waals surface area contributed by atoms with E-state index in [1.54, 1.807) is 0 Å². The van der Waals surface area contributed by atoms with Crippen LogP contribution in [0.25, 0.3) is 0 Å². The molecule has 2 heteroatoms. The van der Waals surface area contributed by atoms with Crippen LogP contribution in [0.3, 0.4) is 0 Å². The van der Waals surface area contributed by atoms with Gasteiger partial charge in [-0.2, -0.15) is 0 Å². The molecule has 1 heterocycles. The number of pyridine rings is 1. The summed E-state index contributed by atoms with van der Waals surface area (Å²) in [6.45, 7) is 4.44. The second-order valence-electron chi connectivity index (χ2n) is 4.94. The molecular formula is C13H20N2. The second kappa shape index (κ2) is 4.31. The predicted molar refractivity (Wildman–Crippen MR) is 62.4 cm³/mol. The molecule has 1 aliphatic rings. The molecule has 1 aromatic rings. The van der Waals surface area contributed by atoms with E-state index < -0.39 is 0 Å². The fraction of sp³-hybridized carbons (Fsp3) is 0.615. The van der Waals surface area contributed by atoms with Gasteiger partial charge in [0.1, 0.15) is 0 Å². The van der Waals surface area contributed by atoms with Crippen LogP contribution in [0.4, 0.5) is 0 Å². The minimum atomic E-state index is 0.184. The first-order valence-electron chi connectivity index (χ1n) is 5.84. The van der Waals surface area contributed by atoms with Crippen molar-refractivity contribution in [2.75, 3.05) is 0 Å². The maximum Gasteiger partial charge on any atom is 0.0341 e. The zero-order valence-electron chi connectivity index (χ0n) is 9.61. The molecule has 0 aromatic carbocycles. The maximum absolute atomic E-state index is 6.32. The van der Waals surface area contributed by atoms with Gasteiger partial charge in [-0.3, -0.25) is 4.98 Å². The van der Waals surface area contributed by atoms with Crippen LogP contribution in [-0.4, -0.2) is 4.98 Å². The van der Waals surface area contributed by atoms with E-state index >= 15 is 0 Å². The van der Waals surface area contributed by atoms with Gasteiger partial charge in [0.05, 0.1) is 0 Å². The smallest absolute Gasteiger partial charge is 0.0341 e. The van der Waals surface area contributed by atoms with Gasteiger partial charge < -0.3 is 5.73 Å². The topological polar surface area (TPSA) is 38.9 Å². The summed E-state index contributed by atoms with van der Waals surface area (Å²) in [5, 5.41) is 0. The van der Waals surface area contributed by atoms with Crippen LogP contribution in [0, 0.1) is 18.8 Å². The van der Waals surface area contributed by atoms with Crippen molar-refractivity contribution in [1.29, 1.82) is 0 Å². The van der Waals surface area contributed by atoms with E-state index in [4.69, 9.17) is 5.73 Å². The normalized spacial score (nSPS) is 27.9. The van der Waals surface area contributed by atoms with Crippen LogP contribution in [0.5, 0.6) is 0 Å². The highest BCUT2D eigenvalue weighted by molar-refractivity contribution is 5.25. The Morgan fingerprint density at radius 2 is 2.27 bits per heavy atom. The van der Waals surface area contributed by atoms with E-state index in [-0.39, 0.29) is 6.04 Å². The average molecular weight is 204 g/mol. The molecule has 0 radical (unpaired) electrons. The van der Waals surface area contributed by atoms with E-state index in [0.717, 1.165) is 5.92 Å². The molecule has 0 aliphatic heterocycles. The third kappa shape index (κ3) is 2.20. The van der Waals surface area contributed by atoms with Crippen LogP contribution in [0.15, 0.2) is 18.5 Å². The lowest BCUT2D eigenvalue weighted by Gasteiger charge is -2.20. The molecule has 3 unspecified atom stereocenters. The quantitative estimate of drug-likeness (QED) is 0.804. The van der Waals surface area contributed by atoms with Gasteiger partial charge in [-0.05, 0) is 48.8 Å². The van der Waals surface area contributed by atoms with Gasteiger partial charge in [0.15, 0.2) is 0 Å². The van der Waals surface area contributed by atoms with E-state index in [1.165, 1.54) is 30.4 Å². The van der Waals surface area contributed by atoms with Gasteiger partial charge in [-0.1, -0.05) is 13.3 Å². The zero-order chi connectivity index (χ0) is 10.8. The molecule has 3 atom stereocenters. The molecule has 2 rings (SSSR count). The summed E-state index contributed by atoms with van der Waals surface area (Å²) in [6, 6.07) is 2.23. The Labute approximate surface area is 91.9 Å². The number of rotatable bonds is 2. The number of aryl methyl sites for hydroxylation is 1. The van der Waals surface area contributed by atoms with Crippen molar-refractivity contribution in [1.82, 2.24) is 4.98 Å². The average Bonchev–Trinajstić information content (AvgIpc) is 2.65. The van der Waals surface area contributed by atoms with Crippen molar-refractivity contribution in [3.8, 4) is 0 Å². The van der Waals surface area contributed by atoms with E-state index in [9.17, 15) is 0 Å². The molecule has 0 amide bonds. The van der Waals surface area contributed by atoms with Crippen LogP contribution in [0.1, 0.15) is 43.4 Å². The van der Waals surface area contributed by atoms with Crippen LogP contribution in [0.2, 0.25) is 0 Å². The fourth-order valence-corrected chi connectivity index (χ4v) is 2.66. The highest BCUT2D eigenvalue weighted by Gasteiger charge is 2.28. The van der Waals surface area contributed by atoms with Gasteiger partial charge in [0, 0.05) is 18.4 Å². The summed E-state index contributed by atoms with van der Waals surface area (Å²) in [7, 11) is 0. The molecule has 2 nitrogen and oxygen atoms in total. The molecule has 1 fully saturated rings. The second-order valence-corrected chi connectivity index (χ2v) is 4.94. The summed E-state index contributed by atoms with van der Waals surface area (Å²) < 4.78 is 0. The SMILES string of the molecule is Cc1ccncc1C(N)C1CCC(C)C1. The third-order valence-corrected chi connectivity index (χ3v) is 3.68. The summed E-state index contributed by atoms with van der Waals surface area (Å²) in [5.74, 6) is 1.50. The van der Waals surface area contributed by atoms with Gasteiger partial charge in [-0.25, -0.2) is 0 Å². The largest absolute Gasteiger partial charge is 0.324 e. The maximum atomic E-state index is 6.32. The van der Waals surface area contributed by atoms with Gasteiger partial charge in [0.2, 0.25) is 0 Å². The monoisotopic (exact) mass is 204 g/mol. The number of aromatic nitrogens is 1. The first kappa shape index (κ1) is 10.6. The molecule has 0 saturated heterocycles.